The zero-order valence-corrected chi connectivity index (χ0v) is 23.0. The number of carbonyl (C=O) groups is 1. The summed E-state index contributed by atoms with van der Waals surface area (Å²) in [6.07, 6.45) is 2.77. The molecule has 214 valence electrons. The van der Waals surface area contributed by atoms with Crippen molar-refractivity contribution in [2.45, 2.75) is 38.0 Å². The zero-order chi connectivity index (χ0) is 28.5. The van der Waals surface area contributed by atoms with E-state index in [9.17, 15) is 18.3 Å². The zero-order valence-electron chi connectivity index (χ0n) is 22.2. The first-order chi connectivity index (χ1) is 19.1. The summed E-state index contributed by atoms with van der Waals surface area (Å²) in [7, 11) is -3.56. The first kappa shape index (κ1) is 29.2. The van der Waals surface area contributed by atoms with Gasteiger partial charge in [-0.05, 0) is 60.2 Å². The van der Waals surface area contributed by atoms with Crippen molar-refractivity contribution in [2.24, 2.45) is 0 Å². The summed E-state index contributed by atoms with van der Waals surface area (Å²) < 4.78 is 43.2. The molecule has 3 aromatic rings. The van der Waals surface area contributed by atoms with Crippen LogP contribution in [0.3, 0.4) is 0 Å². The number of carboxylic acids is 1. The molecule has 0 amide bonds. The topological polar surface area (TPSA) is 143 Å². The average molecular weight is 571 g/mol. The van der Waals surface area contributed by atoms with Crippen LogP contribution in [0.2, 0.25) is 0 Å². The van der Waals surface area contributed by atoms with E-state index in [4.69, 9.17) is 19.3 Å². The van der Waals surface area contributed by atoms with E-state index in [0.717, 1.165) is 36.6 Å². The first-order valence-corrected chi connectivity index (χ1v) is 14.8. The standard InChI is InChI=1S/C29H34N2O8S/c1-40(35,36)31-27-15-26(11-12-28(27)39-17-20-5-3-2-4-6-20)37-18-24(32)16-30-23-9-7-21-8-10-25(14-22(21)13-23)38-19-29(33)34/h2-6,8,10-12,14-15,23-24,30-32H,7,9,13,16-19H2,1H3,(H,33,34). The van der Waals surface area contributed by atoms with Crippen LogP contribution in [0.1, 0.15) is 23.1 Å². The maximum absolute atomic E-state index is 11.9. The Labute approximate surface area is 234 Å². The van der Waals surface area contributed by atoms with Crippen molar-refractivity contribution in [1.29, 1.82) is 0 Å². The van der Waals surface area contributed by atoms with Gasteiger partial charge in [-0.25, -0.2) is 13.2 Å². The van der Waals surface area contributed by atoms with Crippen LogP contribution in [-0.2, 0) is 34.3 Å². The Morgan fingerprint density at radius 2 is 1.75 bits per heavy atom. The third kappa shape index (κ3) is 9.15. The highest BCUT2D eigenvalue weighted by molar-refractivity contribution is 7.92. The van der Waals surface area contributed by atoms with Gasteiger partial charge in [0.1, 0.15) is 36.6 Å². The maximum Gasteiger partial charge on any atom is 0.341 e. The molecule has 1 aliphatic carbocycles. The highest BCUT2D eigenvalue weighted by Gasteiger charge is 2.20. The van der Waals surface area contributed by atoms with Gasteiger partial charge in [0, 0.05) is 18.7 Å². The summed E-state index contributed by atoms with van der Waals surface area (Å²) in [4.78, 5) is 10.8. The molecular formula is C29H34N2O8S. The Morgan fingerprint density at radius 1 is 1.00 bits per heavy atom. The van der Waals surface area contributed by atoms with E-state index in [1.54, 1.807) is 18.2 Å². The second kappa shape index (κ2) is 13.5. The van der Waals surface area contributed by atoms with Gasteiger partial charge in [-0.1, -0.05) is 36.4 Å². The molecule has 4 rings (SSSR count). The molecule has 0 aliphatic heterocycles. The number of aliphatic hydroxyl groups excluding tert-OH is 1. The number of carboxylic acid groups (broad SMARTS) is 1. The summed E-state index contributed by atoms with van der Waals surface area (Å²) in [5, 5.41) is 22.7. The Balaban J connectivity index is 1.29. The lowest BCUT2D eigenvalue weighted by molar-refractivity contribution is -0.139. The number of fused-ring (bicyclic) bond motifs is 1. The number of aliphatic hydroxyl groups is 1. The van der Waals surface area contributed by atoms with Crippen molar-refractivity contribution in [3.05, 3.63) is 83.4 Å². The summed E-state index contributed by atoms with van der Waals surface area (Å²) in [5.74, 6) is 0.246. The van der Waals surface area contributed by atoms with Gasteiger partial charge < -0.3 is 29.7 Å². The van der Waals surface area contributed by atoms with Gasteiger partial charge in [0.2, 0.25) is 10.0 Å². The van der Waals surface area contributed by atoms with E-state index in [2.05, 4.69) is 10.0 Å². The van der Waals surface area contributed by atoms with Crippen LogP contribution in [0.5, 0.6) is 17.2 Å². The minimum Gasteiger partial charge on any atom is -0.491 e. The van der Waals surface area contributed by atoms with Crippen LogP contribution in [0.4, 0.5) is 5.69 Å². The molecule has 10 nitrogen and oxygen atoms in total. The fraction of sp³-hybridized carbons (Fsp3) is 0.345. The Kier molecular flexibility index (Phi) is 9.86. The van der Waals surface area contributed by atoms with E-state index in [0.29, 0.717) is 23.8 Å². The molecule has 40 heavy (non-hydrogen) atoms. The molecule has 0 spiro atoms. The van der Waals surface area contributed by atoms with Crippen molar-refractivity contribution in [1.82, 2.24) is 5.32 Å². The monoisotopic (exact) mass is 570 g/mol. The second-order valence-corrected chi connectivity index (χ2v) is 11.5. The molecule has 0 radical (unpaired) electrons. The number of sulfonamides is 1. The molecule has 0 saturated heterocycles. The normalized spacial score (nSPS) is 15.5. The third-order valence-electron chi connectivity index (χ3n) is 6.34. The smallest absolute Gasteiger partial charge is 0.341 e. The van der Waals surface area contributed by atoms with Gasteiger partial charge >= 0.3 is 5.97 Å². The Bertz CT molecular complexity index is 1400. The number of hydrogen-bond donors (Lipinski definition) is 4. The molecular weight excluding hydrogens is 536 g/mol. The molecule has 0 heterocycles. The minimum absolute atomic E-state index is 0.00597. The summed E-state index contributed by atoms with van der Waals surface area (Å²) >= 11 is 0. The Morgan fingerprint density at radius 3 is 2.50 bits per heavy atom. The maximum atomic E-state index is 11.9. The van der Waals surface area contributed by atoms with Crippen molar-refractivity contribution in [2.75, 3.05) is 30.7 Å². The molecule has 0 bridgehead atoms. The highest BCUT2D eigenvalue weighted by atomic mass is 32.2. The first-order valence-electron chi connectivity index (χ1n) is 12.9. The van der Waals surface area contributed by atoms with Crippen LogP contribution in [0.25, 0.3) is 0 Å². The van der Waals surface area contributed by atoms with Crippen molar-refractivity contribution < 1.29 is 37.6 Å². The van der Waals surface area contributed by atoms with Crippen LogP contribution >= 0.6 is 0 Å². The van der Waals surface area contributed by atoms with E-state index in [-0.39, 0.29) is 31.5 Å². The largest absolute Gasteiger partial charge is 0.491 e. The number of aliphatic carboxylic acids is 1. The lowest BCUT2D eigenvalue weighted by atomic mass is 9.88. The van der Waals surface area contributed by atoms with Gasteiger partial charge in [0.05, 0.1) is 11.9 Å². The van der Waals surface area contributed by atoms with E-state index in [1.807, 2.05) is 42.5 Å². The number of benzene rings is 3. The van der Waals surface area contributed by atoms with Crippen molar-refractivity contribution in [3.63, 3.8) is 0 Å². The number of anilines is 1. The fourth-order valence-corrected chi connectivity index (χ4v) is 5.00. The number of aryl methyl sites for hydroxylation is 1. The predicted octanol–water partition coefficient (Wildman–Crippen LogP) is 2.99. The summed E-state index contributed by atoms with van der Waals surface area (Å²) in [6, 6.07) is 20.1. The Hall–Kier alpha value is -3.80. The lowest BCUT2D eigenvalue weighted by Gasteiger charge is -2.27. The minimum atomic E-state index is -3.56. The molecule has 0 fully saturated rings. The van der Waals surface area contributed by atoms with Crippen LogP contribution in [0.15, 0.2) is 66.7 Å². The lowest BCUT2D eigenvalue weighted by Crippen LogP contribution is -2.40. The number of rotatable bonds is 14. The molecule has 0 aromatic heterocycles. The van der Waals surface area contributed by atoms with Crippen molar-refractivity contribution >= 4 is 21.7 Å². The van der Waals surface area contributed by atoms with Gasteiger partial charge in [-0.2, -0.15) is 0 Å². The summed E-state index contributed by atoms with van der Waals surface area (Å²) in [6.45, 7) is 0.196. The van der Waals surface area contributed by atoms with Crippen LogP contribution in [0, 0.1) is 0 Å². The van der Waals surface area contributed by atoms with Gasteiger partial charge in [-0.15, -0.1) is 0 Å². The number of hydrogen-bond acceptors (Lipinski definition) is 8. The number of nitrogens with one attached hydrogen (secondary N) is 2. The van der Waals surface area contributed by atoms with Crippen molar-refractivity contribution in [3.8, 4) is 17.2 Å². The van der Waals surface area contributed by atoms with Crippen LogP contribution < -0.4 is 24.2 Å². The van der Waals surface area contributed by atoms with Gasteiger partial charge in [0.15, 0.2) is 6.61 Å². The van der Waals surface area contributed by atoms with E-state index < -0.39 is 22.1 Å². The quantitative estimate of drug-likeness (QED) is 0.230. The highest BCUT2D eigenvalue weighted by Crippen LogP contribution is 2.31. The molecule has 2 unspecified atom stereocenters. The van der Waals surface area contributed by atoms with E-state index >= 15 is 0 Å². The molecule has 3 aromatic carbocycles. The fourth-order valence-electron chi connectivity index (χ4n) is 4.44. The molecule has 2 atom stereocenters. The molecule has 1 aliphatic rings. The number of ether oxygens (including phenoxy) is 3. The van der Waals surface area contributed by atoms with Gasteiger partial charge in [0.25, 0.3) is 0 Å². The average Bonchev–Trinajstić information content (AvgIpc) is 2.92. The molecule has 11 heteroatoms. The second-order valence-electron chi connectivity index (χ2n) is 9.73. The third-order valence-corrected chi connectivity index (χ3v) is 6.93. The van der Waals surface area contributed by atoms with E-state index in [1.165, 1.54) is 11.6 Å². The summed E-state index contributed by atoms with van der Waals surface area (Å²) in [5.41, 5.74) is 3.49. The van der Waals surface area contributed by atoms with Gasteiger partial charge in [-0.3, -0.25) is 4.72 Å². The predicted molar refractivity (Wildman–Crippen MR) is 151 cm³/mol. The molecule has 0 saturated carbocycles. The SMILES string of the molecule is CS(=O)(=O)Nc1cc(OCC(O)CNC2CCc3ccc(OCC(=O)O)cc3C2)ccc1OCc1ccccc1. The molecule has 4 N–H and O–H groups in total. The van der Waals surface area contributed by atoms with Crippen LogP contribution in [-0.4, -0.2) is 62.8 Å².